The molecule has 0 heterocycles. The Labute approximate surface area is 89.7 Å². The maximum atomic E-state index is 5.70. The quantitative estimate of drug-likeness (QED) is 0.744. The number of para-hydroxylation sites is 1. The monoisotopic (exact) mass is 198 g/mol. The molecule has 0 unspecified atom stereocenters. The zero-order valence-corrected chi connectivity index (χ0v) is 8.48. The average Bonchev–Trinajstić information content (AvgIpc) is 2.28. The van der Waals surface area contributed by atoms with Gasteiger partial charge < -0.3 is 11.1 Å². The summed E-state index contributed by atoms with van der Waals surface area (Å²) < 4.78 is 0. The third kappa shape index (κ3) is 2.74. The SMILES string of the molecule is Nc1cccc(CNc2ccccc2)c1. The smallest absolute Gasteiger partial charge is 0.0401 e. The molecule has 2 aromatic carbocycles. The van der Waals surface area contributed by atoms with Crippen molar-refractivity contribution in [2.24, 2.45) is 0 Å². The first kappa shape index (κ1) is 9.59. The van der Waals surface area contributed by atoms with Crippen LogP contribution in [0.3, 0.4) is 0 Å². The molecular formula is C13H14N2. The second-order valence-electron chi connectivity index (χ2n) is 3.46. The Morgan fingerprint density at radius 1 is 0.933 bits per heavy atom. The third-order valence-corrected chi connectivity index (χ3v) is 2.22. The number of nitrogen functional groups attached to an aromatic ring is 1. The van der Waals surface area contributed by atoms with E-state index in [0.717, 1.165) is 17.9 Å². The van der Waals surface area contributed by atoms with Crippen LogP contribution in [0.2, 0.25) is 0 Å². The number of anilines is 2. The van der Waals surface area contributed by atoms with Crippen LogP contribution in [0.15, 0.2) is 54.6 Å². The van der Waals surface area contributed by atoms with Gasteiger partial charge in [-0.05, 0) is 29.8 Å². The van der Waals surface area contributed by atoms with Crippen LogP contribution in [0.4, 0.5) is 11.4 Å². The maximum absolute atomic E-state index is 5.70. The van der Waals surface area contributed by atoms with Gasteiger partial charge in [0.25, 0.3) is 0 Å². The molecule has 0 aromatic heterocycles. The fourth-order valence-electron chi connectivity index (χ4n) is 1.46. The molecule has 0 saturated heterocycles. The molecule has 2 nitrogen and oxygen atoms in total. The van der Waals surface area contributed by atoms with Crippen molar-refractivity contribution in [3.63, 3.8) is 0 Å². The average molecular weight is 198 g/mol. The third-order valence-electron chi connectivity index (χ3n) is 2.22. The first-order valence-electron chi connectivity index (χ1n) is 4.98. The lowest BCUT2D eigenvalue weighted by Gasteiger charge is -2.06. The van der Waals surface area contributed by atoms with Crippen LogP contribution in [0.25, 0.3) is 0 Å². The van der Waals surface area contributed by atoms with Gasteiger partial charge in [0, 0.05) is 17.9 Å². The van der Waals surface area contributed by atoms with Gasteiger partial charge in [0.1, 0.15) is 0 Å². The van der Waals surface area contributed by atoms with Gasteiger partial charge in [-0.2, -0.15) is 0 Å². The normalized spacial score (nSPS) is 9.87. The van der Waals surface area contributed by atoms with Gasteiger partial charge in [-0.3, -0.25) is 0 Å². The van der Waals surface area contributed by atoms with Crippen molar-refractivity contribution in [2.75, 3.05) is 11.1 Å². The van der Waals surface area contributed by atoms with Crippen LogP contribution in [0.5, 0.6) is 0 Å². The topological polar surface area (TPSA) is 38.0 Å². The Morgan fingerprint density at radius 2 is 1.73 bits per heavy atom. The van der Waals surface area contributed by atoms with E-state index in [4.69, 9.17) is 5.73 Å². The van der Waals surface area contributed by atoms with Crippen LogP contribution in [0, 0.1) is 0 Å². The predicted molar refractivity (Wildman–Crippen MR) is 64.6 cm³/mol. The zero-order valence-electron chi connectivity index (χ0n) is 8.48. The lowest BCUT2D eigenvalue weighted by molar-refractivity contribution is 1.15. The molecule has 2 rings (SSSR count). The van der Waals surface area contributed by atoms with Crippen molar-refractivity contribution in [1.29, 1.82) is 0 Å². The minimum atomic E-state index is 0.801. The molecule has 0 radical (unpaired) electrons. The molecule has 0 spiro atoms. The van der Waals surface area contributed by atoms with Gasteiger partial charge in [-0.15, -0.1) is 0 Å². The van der Waals surface area contributed by atoms with E-state index >= 15 is 0 Å². The van der Waals surface area contributed by atoms with Crippen molar-refractivity contribution < 1.29 is 0 Å². The van der Waals surface area contributed by atoms with Gasteiger partial charge in [0.15, 0.2) is 0 Å². The lowest BCUT2D eigenvalue weighted by Crippen LogP contribution is -1.99. The molecule has 0 aliphatic heterocycles. The summed E-state index contributed by atoms with van der Waals surface area (Å²) in [5.74, 6) is 0. The predicted octanol–water partition coefficient (Wildman–Crippen LogP) is 2.88. The molecule has 76 valence electrons. The summed E-state index contributed by atoms with van der Waals surface area (Å²) in [6, 6.07) is 18.0. The van der Waals surface area contributed by atoms with E-state index in [1.165, 1.54) is 5.56 Å². The molecule has 3 N–H and O–H groups in total. The van der Waals surface area contributed by atoms with Gasteiger partial charge in [0.05, 0.1) is 0 Å². The van der Waals surface area contributed by atoms with Gasteiger partial charge in [-0.1, -0.05) is 30.3 Å². The van der Waals surface area contributed by atoms with Crippen molar-refractivity contribution in [3.05, 3.63) is 60.2 Å². The van der Waals surface area contributed by atoms with Crippen LogP contribution in [-0.2, 0) is 6.54 Å². The van der Waals surface area contributed by atoms with E-state index in [-0.39, 0.29) is 0 Å². The molecule has 0 aliphatic rings. The molecule has 2 heteroatoms. The summed E-state index contributed by atoms with van der Waals surface area (Å²) in [6.07, 6.45) is 0. The van der Waals surface area contributed by atoms with E-state index in [1.807, 2.05) is 48.5 Å². The standard InChI is InChI=1S/C13H14N2/c14-12-6-4-5-11(9-12)10-15-13-7-2-1-3-8-13/h1-9,15H,10,14H2. The molecule has 0 aliphatic carbocycles. The molecule has 0 amide bonds. The second-order valence-corrected chi connectivity index (χ2v) is 3.46. The number of nitrogens with one attached hydrogen (secondary N) is 1. The number of benzene rings is 2. The van der Waals surface area contributed by atoms with Crippen molar-refractivity contribution >= 4 is 11.4 Å². The van der Waals surface area contributed by atoms with Crippen LogP contribution < -0.4 is 11.1 Å². The fourth-order valence-corrected chi connectivity index (χ4v) is 1.46. The van der Waals surface area contributed by atoms with E-state index in [1.54, 1.807) is 0 Å². The molecule has 15 heavy (non-hydrogen) atoms. The zero-order chi connectivity index (χ0) is 10.5. The fraction of sp³-hybridized carbons (Fsp3) is 0.0769. The Hall–Kier alpha value is -1.96. The summed E-state index contributed by atoms with van der Waals surface area (Å²) in [6.45, 7) is 0.801. The van der Waals surface area contributed by atoms with Crippen molar-refractivity contribution in [3.8, 4) is 0 Å². The summed E-state index contributed by atoms with van der Waals surface area (Å²) in [5, 5.41) is 3.33. The van der Waals surface area contributed by atoms with E-state index in [9.17, 15) is 0 Å². The van der Waals surface area contributed by atoms with Crippen LogP contribution >= 0.6 is 0 Å². The molecule has 0 atom stereocenters. The number of rotatable bonds is 3. The minimum Gasteiger partial charge on any atom is -0.399 e. The van der Waals surface area contributed by atoms with E-state index < -0.39 is 0 Å². The van der Waals surface area contributed by atoms with E-state index in [0.29, 0.717) is 0 Å². The Bertz CT molecular complexity index is 424. The highest BCUT2D eigenvalue weighted by molar-refractivity contribution is 5.45. The highest BCUT2D eigenvalue weighted by Crippen LogP contribution is 2.10. The van der Waals surface area contributed by atoms with Crippen molar-refractivity contribution in [2.45, 2.75) is 6.54 Å². The second kappa shape index (κ2) is 4.51. The molecule has 2 aromatic rings. The summed E-state index contributed by atoms with van der Waals surface area (Å²) in [5.41, 5.74) is 8.83. The molecule has 0 bridgehead atoms. The van der Waals surface area contributed by atoms with Gasteiger partial charge >= 0.3 is 0 Å². The van der Waals surface area contributed by atoms with E-state index in [2.05, 4.69) is 11.4 Å². The Balaban J connectivity index is 1.99. The molecule has 0 fully saturated rings. The number of hydrogen-bond donors (Lipinski definition) is 2. The Kier molecular flexibility index (Phi) is 2.88. The van der Waals surface area contributed by atoms with Gasteiger partial charge in [-0.25, -0.2) is 0 Å². The van der Waals surface area contributed by atoms with Crippen LogP contribution in [-0.4, -0.2) is 0 Å². The molecule has 0 saturated carbocycles. The summed E-state index contributed by atoms with van der Waals surface area (Å²) >= 11 is 0. The molecular weight excluding hydrogens is 184 g/mol. The maximum Gasteiger partial charge on any atom is 0.0401 e. The summed E-state index contributed by atoms with van der Waals surface area (Å²) in [4.78, 5) is 0. The highest BCUT2D eigenvalue weighted by Gasteiger charge is 1.93. The number of hydrogen-bond acceptors (Lipinski definition) is 2. The largest absolute Gasteiger partial charge is 0.399 e. The van der Waals surface area contributed by atoms with Crippen LogP contribution in [0.1, 0.15) is 5.56 Å². The van der Waals surface area contributed by atoms with Gasteiger partial charge in [0.2, 0.25) is 0 Å². The first-order valence-corrected chi connectivity index (χ1v) is 4.98. The minimum absolute atomic E-state index is 0.801. The summed E-state index contributed by atoms with van der Waals surface area (Å²) in [7, 11) is 0. The first-order chi connectivity index (χ1) is 7.34. The highest BCUT2D eigenvalue weighted by atomic mass is 14.9. The Morgan fingerprint density at radius 3 is 2.47 bits per heavy atom. The lowest BCUT2D eigenvalue weighted by atomic mass is 10.2. The van der Waals surface area contributed by atoms with Crippen molar-refractivity contribution in [1.82, 2.24) is 0 Å². The number of nitrogens with two attached hydrogens (primary N) is 1.